The highest BCUT2D eigenvalue weighted by molar-refractivity contribution is 5.71. The van der Waals surface area contributed by atoms with E-state index in [1.54, 1.807) is 20.5 Å². The van der Waals surface area contributed by atoms with Crippen LogP contribution < -0.4 is 15.2 Å². The van der Waals surface area contributed by atoms with E-state index >= 15 is 0 Å². The maximum absolute atomic E-state index is 6.59. The van der Waals surface area contributed by atoms with Gasteiger partial charge in [0.25, 0.3) is 0 Å². The highest BCUT2D eigenvalue weighted by Crippen LogP contribution is 2.36. The number of aryl methyl sites for hydroxylation is 1. The van der Waals surface area contributed by atoms with Gasteiger partial charge in [0.05, 0.1) is 31.9 Å². The minimum Gasteiger partial charge on any atom is -0.493 e. The molecule has 6 heteroatoms. The van der Waals surface area contributed by atoms with Gasteiger partial charge in [-0.25, -0.2) is 4.98 Å². The fourth-order valence-corrected chi connectivity index (χ4v) is 3.37. The molecule has 2 N–H and O–H groups in total. The lowest BCUT2D eigenvalue weighted by Gasteiger charge is -2.14. The minimum atomic E-state index is -0.459. The first-order valence-electron chi connectivity index (χ1n) is 8.63. The molecule has 4 rings (SSSR count). The van der Waals surface area contributed by atoms with Crippen LogP contribution in [0.3, 0.4) is 0 Å². The van der Waals surface area contributed by atoms with Gasteiger partial charge in [-0.2, -0.15) is 0 Å². The summed E-state index contributed by atoms with van der Waals surface area (Å²) in [7, 11) is 3.23. The lowest BCUT2D eigenvalue weighted by atomic mass is 10.0. The molecule has 27 heavy (non-hydrogen) atoms. The first-order valence-corrected chi connectivity index (χ1v) is 8.63. The third kappa shape index (κ3) is 2.84. The van der Waals surface area contributed by atoms with Crippen LogP contribution in [0.1, 0.15) is 23.2 Å². The maximum Gasteiger partial charge on any atom is 0.161 e. The van der Waals surface area contributed by atoms with E-state index in [9.17, 15) is 0 Å². The Morgan fingerprint density at radius 2 is 1.85 bits per heavy atom. The molecule has 0 saturated heterocycles. The Labute approximate surface area is 157 Å². The second kappa shape index (κ2) is 6.81. The standard InChI is InChI=1S/C21H21N3O3/c1-13-6-4-8-18-23-20(14-9-10-15(25-2)17(12-14)26-3)21(24(13)18)19(22)16-7-5-11-27-16/h4-12,19H,22H2,1-3H3. The van der Waals surface area contributed by atoms with Crippen molar-refractivity contribution >= 4 is 5.65 Å². The Hall–Kier alpha value is -3.25. The number of aromatic nitrogens is 2. The van der Waals surface area contributed by atoms with E-state index in [2.05, 4.69) is 4.40 Å². The normalized spacial score (nSPS) is 12.3. The molecule has 0 aliphatic carbocycles. The quantitative estimate of drug-likeness (QED) is 0.581. The number of hydrogen-bond acceptors (Lipinski definition) is 5. The minimum absolute atomic E-state index is 0.459. The molecule has 1 aromatic carbocycles. The van der Waals surface area contributed by atoms with Crippen molar-refractivity contribution in [2.75, 3.05) is 14.2 Å². The monoisotopic (exact) mass is 363 g/mol. The number of benzene rings is 1. The van der Waals surface area contributed by atoms with E-state index in [1.165, 1.54) is 0 Å². The number of methoxy groups -OCH3 is 2. The molecule has 3 heterocycles. The Bertz CT molecular complexity index is 1080. The fraction of sp³-hybridized carbons (Fsp3) is 0.190. The summed E-state index contributed by atoms with van der Waals surface area (Å²) in [5, 5.41) is 0. The van der Waals surface area contributed by atoms with Crippen molar-refractivity contribution in [1.82, 2.24) is 9.38 Å². The summed E-state index contributed by atoms with van der Waals surface area (Å²) in [5.41, 5.74) is 11.0. The van der Waals surface area contributed by atoms with Crippen molar-refractivity contribution < 1.29 is 13.9 Å². The van der Waals surface area contributed by atoms with E-state index in [4.69, 9.17) is 24.6 Å². The number of ether oxygens (including phenoxy) is 2. The van der Waals surface area contributed by atoms with Crippen LogP contribution in [0.2, 0.25) is 0 Å². The molecule has 1 unspecified atom stereocenters. The second-order valence-electron chi connectivity index (χ2n) is 6.27. The average molecular weight is 363 g/mol. The molecule has 0 aliphatic heterocycles. The molecule has 4 aromatic rings. The number of nitrogens with zero attached hydrogens (tertiary/aromatic N) is 2. The molecule has 0 bridgehead atoms. The van der Waals surface area contributed by atoms with Crippen LogP contribution >= 0.6 is 0 Å². The van der Waals surface area contributed by atoms with Crippen molar-refractivity contribution in [1.29, 1.82) is 0 Å². The molecule has 0 saturated carbocycles. The summed E-state index contributed by atoms with van der Waals surface area (Å²) >= 11 is 0. The summed E-state index contributed by atoms with van der Waals surface area (Å²) < 4.78 is 18.4. The topological polar surface area (TPSA) is 74.9 Å². The average Bonchev–Trinajstić information content (AvgIpc) is 3.35. The van der Waals surface area contributed by atoms with E-state index < -0.39 is 6.04 Å². The highest BCUT2D eigenvalue weighted by atomic mass is 16.5. The third-order valence-electron chi connectivity index (χ3n) is 4.68. The summed E-state index contributed by atoms with van der Waals surface area (Å²) in [6.45, 7) is 2.03. The van der Waals surface area contributed by atoms with Gasteiger partial charge >= 0.3 is 0 Å². The summed E-state index contributed by atoms with van der Waals surface area (Å²) in [6, 6.07) is 15.0. The molecule has 138 valence electrons. The number of pyridine rings is 1. The van der Waals surface area contributed by atoms with Crippen molar-refractivity contribution in [3.63, 3.8) is 0 Å². The first-order chi connectivity index (χ1) is 13.1. The maximum atomic E-state index is 6.59. The molecule has 0 radical (unpaired) electrons. The van der Waals surface area contributed by atoms with Crippen molar-refractivity contribution in [3.8, 4) is 22.8 Å². The largest absolute Gasteiger partial charge is 0.493 e. The zero-order valence-corrected chi connectivity index (χ0v) is 15.5. The van der Waals surface area contributed by atoms with Crippen molar-refractivity contribution in [2.45, 2.75) is 13.0 Å². The molecular weight excluding hydrogens is 342 g/mol. The summed E-state index contributed by atoms with van der Waals surface area (Å²) in [6.07, 6.45) is 1.63. The van der Waals surface area contributed by atoms with Crippen LogP contribution in [0.5, 0.6) is 11.5 Å². The van der Waals surface area contributed by atoms with Crippen LogP contribution in [0, 0.1) is 6.92 Å². The van der Waals surface area contributed by atoms with E-state index in [1.807, 2.05) is 55.5 Å². The number of nitrogens with two attached hydrogens (primary N) is 1. The number of furan rings is 1. The van der Waals surface area contributed by atoms with Crippen molar-refractivity contribution in [2.24, 2.45) is 5.73 Å². The van der Waals surface area contributed by atoms with Crippen LogP contribution in [0.4, 0.5) is 0 Å². The predicted octanol–water partition coefficient (Wildman–Crippen LogP) is 3.97. The van der Waals surface area contributed by atoms with Crippen molar-refractivity contribution in [3.05, 3.63) is 71.9 Å². The lowest BCUT2D eigenvalue weighted by molar-refractivity contribution is 0.355. The number of rotatable bonds is 5. The van der Waals surface area contributed by atoms with Gasteiger partial charge < -0.3 is 19.6 Å². The van der Waals surface area contributed by atoms with Gasteiger partial charge in [0.1, 0.15) is 17.4 Å². The van der Waals surface area contributed by atoms with Gasteiger partial charge in [-0.1, -0.05) is 6.07 Å². The first kappa shape index (κ1) is 17.2. The zero-order valence-electron chi connectivity index (χ0n) is 15.5. The van der Waals surface area contributed by atoms with Crippen LogP contribution in [0.25, 0.3) is 16.9 Å². The SMILES string of the molecule is COc1ccc(-c2nc3cccc(C)n3c2C(N)c2ccco2)cc1OC. The van der Waals surface area contributed by atoms with E-state index in [0.29, 0.717) is 17.3 Å². The smallest absolute Gasteiger partial charge is 0.161 e. The van der Waals surface area contributed by atoms with Gasteiger partial charge in [0.2, 0.25) is 0 Å². The predicted molar refractivity (Wildman–Crippen MR) is 103 cm³/mol. The Morgan fingerprint density at radius 3 is 2.56 bits per heavy atom. The van der Waals surface area contributed by atoms with Gasteiger partial charge in [-0.05, 0) is 49.4 Å². The molecule has 0 aliphatic rings. The van der Waals surface area contributed by atoms with Crippen LogP contribution in [0.15, 0.2) is 59.2 Å². The molecular formula is C21H21N3O3. The molecule has 0 amide bonds. The number of imidazole rings is 1. The number of hydrogen-bond donors (Lipinski definition) is 1. The molecule has 0 fully saturated rings. The highest BCUT2D eigenvalue weighted by Gasteiger charge is 2.24. The molecule has 1 atom stereocenters. The Morgan fingerprint density at radius 1 is 1.04 bits per heavy atom. The van der Waals surface area contributed by atoms with E-state index in [-0.39, 0.29) is 0 Å². The second-order valence-corrected chi connectivity index (χ2v) is 6.27. The number of fused-ring (bicyclic) bond motifs is 1. The van der Waals surface area contributed by atoms with E-state index in [0.717, 1.165) is 28.3 Å². The zero-order chi connectivity index (χ0) is 19.0. The Balaban J connectivity index is 1.98. The summed E-state index contributed by atoms with van der Waals surface area (Å²) in [4.78, 5) is 4.85. The van der Waals surface area contributed by atoms with Crippen LogP contribution in [-0.4, -0.2) is 23.6 Å². The summed E-state index contributed by atoms with van der Waals surface area (Å²) in [5.74, 6) is 1.99. The third-order valence-corrected chi connectivity index (χ3v) is 4.68. The fourth-order valence-electron chi connectivity index (χ4n) is 3.37. The van der Waals surface area contributed by atoms with Gasteiger partial charge in [0.15, 0.2) is 11.5 Å². The lowest BCUT2D eigenvalue weighted by Crippen LogP contribution is -2.15. The van der Waals surface area contributed by atoms with Gasteiger partial charge in [-0.3, -0.25) is 4.40 Å². The molecule has 3 aromatic heterocycles. The van der Waals surface area contributed by atoms with Gasteiger partial charge in [-0.15, -0.1) is 0 Å². The van der Waals surface area contributed by atoms with Gasteiger partial charge in [0, 0.05) is 11.3 Å². The molecule has 6 nitrogen and oxygen atoms in total. The molecule has 0 spiro atoms. The Kier molecular flexibility index (Phi) is 4.33. The van der Waals surface area contributed by atoms with Crippen LogP contribution in [-0.2, 0) is 0 Å².